The Balaban J connectivity index is 1.91. The minimum absolute atomic E-state index is 0.0207. The van der Waals surface area contributed by atoms with Gasteiger partial charge in [0, 0.05) is 17.6 Å². The molecule has 0 radical (unpaired) electrons. The number of hydrogen-bond acceptors (Lipinski definition) is 7. The van der Waals surface area contributed by atoms with Gasteiger partial charge < -0.3 is 10.5 Å². The third kappa shape index (κ3) is 2.77. The molecule has 116 valence electrons. The summed E-state index contributed by atoms with van der Waals surface area (Å²) in [5.41, 5.74) is 2.34. The highest BCUT2D eigenvalue weighted by molar-refractivity contribution is 7.89. The van der Waals surface area contributed by atoms with Gasteiger partial charge in [0.15, 0.2) is 10.8 Å². The van der Waals surface area contributed by atoms with E-state index in [0.29, 0.717) is 30.6 Å². The van der Waals surface area contributed by atoms with Gasteiger partial charge >= 0.3 is 0 Å². The summed E-state index contributed by atoms with van der Waals surface area (Å²) in [5, 5.41) is 11.3. The predicted octanol–water partition coefficient (Wildman–Crippen LogP) is 0.263. The van der Waals surface area contributed by atoms with Gasteiger partial charge in [-0.25, -0.2) is 19.0 Å². The van der Waals surface area contributed by atoms with E-state index in [1.54, 1.807) is 11.6 Å². The molecule has 0 unspecified atom stereocenters. The molecule has 1 aliphatic carbocycles. The number of rotatable bonds is 4. The molecule has 0 saturated heterocycles. The van der Waals surface area contributed by atoms with Crippen molar-refractivity contribution < 1.29 is 13.5 Å². The largest absolute Gasteiger partial charge is 0.393 e. The van der Waals surface area contributed by atoms with E-state index in [1.165, 1.54) is 15.7 Å². The van der Waals surface area contributed by atoms with Crippen molar-refractivity contribution in [2.45, 2.75) is 42.9 Å². The lowest BCUT2D eigenvalue weighted by Gasteiger charge is -2.25. The normalized spacial score (nSPS) is 23.5. The molecular formula is C11H17N5O3S2. The lowest BCUT2D eigenvalue weighted by Crippen LogP contribution is -2.39. The zero-order valence-electron chi connectivity index (χ0n) is 11.2. The second kappa shape index (κ2) is 5.54. The molecule has 8 nitrogen and oxygen atoms in total. The molecule has 0 atom stereocenters. The summed E-state index contributed by atoms with van der Waals surface area (Å²) in [4.78, 5) is 4.71. The predicted molar refractivity (Wildman–Crippen MR) is 79.5 cm³/mol. The van der Waals surface area contributed by atoms with Crippen LogP contribution in [0.3, 0.4) is 0 Å². The first-order valence-electron chi connectivity index (χ1n) is 6.64. The Morgan fingerprint density at radius 1 is 1.38 bits per heavy atom. The van der Waals surface area contributed by atoms with Crippen LogP contribution in [0, 0.1) is 0 Å². The van der Waals surface area contributed by atoms with Crippen molar-refractivity contribution in [1.82, 2.24) is 14.1 Å². The molecular weight excluding hydrogens is 314 g/mol. The summed E-state index contributed by atoms with van der Waals surface area (Å²) < 4.78 is 29.4. The number of nitrogens with two attached hydrogens (primary N) is 1. The second-order valence-electron chi connectivity index (χ2n) is 5.09. The van der Waals surface area contributed by atoms with Crippen molar-refractivity contribution in [3.63, 3.8) is 0 Å². The maximum Gasteiger partial charge on any atom is 0.260 e. The van der Waals surface area contributed by atoms with Crippen LogP contribution in [0.5, 0.6) is 0 Å². The summed E-state index contributed by atoms with van der Waals surface area (Å²) in [6.45, 7) is 0. The molecule has 0 aliphatic heterocycles. The Kier molecular flexibility index (Phi) is 3.88. The molecule has 1 aliphatic rings. The van der Waals surface area contributed by atoms with Gasteiger partial charge in [0.05, 0.1) is 6.10 Å². The minimum atomic E-state index is -3.74. The van der Waals surface area contributed by atoms with Gasteiger partial charge in [0.1, 0.15) is 0 Å². The zero-order chi connectivity index (χ0) is 15.0. The number of aliphatic hydroxyl groups is 1. The molecule has 1 saturated carbocycles. The standard InChI is InChI=1S/C11H17N5O3S2/c12-14-9-10(16-5-6-20-11(16)13-9)21(18,19)15-7-1-3-8(17)4-2-7/h5-8,14-15,17H,1-4,12H2. The minimum Gasteiger partial charge on any atom is -0.393 e. The average molecular weight is 331 g/mol. The van der Waals surface area contributed by atoms with Crippen molar-refractivity contribution in [2.75, 3.05) is 5.43 Å². The second-order valence-corrected chi connectivity index (χ2v) is 7.59. The number of nitrogens with one attached hydrogen (secondary N) is 2. The molecule has 5 N–H and O–H groups in total. The van der Waals surface area contributed by atoms with Crippen molar-refractivity contribution in [3.05, 3.63) is 11.6 Å². The van der Waals surface area contributed by atoms with Crippen molar-refractivity contribution in [3.8, 4) is 0 Å². The maximum absolute atomic E-state index is 12.6. The van der Waals surface area contributed by atoms with Crippen molar-refractivity contribution >= 4 is 32.1 Å². The fraction of sp³-hybridized carbons (Fsp3) is 0.545. The van der Waals surface area contributed by atoms with Crippen LogP contribution in [0.4, 0.5) is 5.82 Å². The Labute approximate surface area is 126 Å². The van der Waals surface area contributed by atoms with Crippen LogP contribution in [-0.2, 0) is 10.0 Å². The molecule has 2 aromatic rings. The smallest absolute Gasteiger partial charge is 0.260 e. The maximum atomic E-state index is 12.6. The lowest BCUT2D eigenvalue weighted by molar-refractivity contribution is 0.120. The number of fused-ring (bicyclic) bond motifs is 1. The number of thiazole rings is 1. The summed E-state index contributed by atoms with van der Waals surface area (Å²) >= 11 is 1.33. The molecule has 0 aromatic carbocycles. The van der Waals surface area contributed by atoms with E-state index in [4.69, 9.17) is 5.84 Å². The van der Waals surface area contributed by atoms with Crippen LogP contribution in [-0.4, -0.2) is 35.1 Å². The summed E-state index contributed by atoms with van der Waals surface area (Å²) in [6, 6.07) is -0.173. The quantitative estimate of drug-likeness (QED) is 0.471. The highest BCUT2D eigenvalue weighted by Gasteiger charge is 2.30. The molecule has 1 fully saturated rings. The Morgan fingerprint density at radius 2 is 2.10 bits per heavy atom. The number of aromatic nitrogens is 2. The van der Waals surface area contributed by atoms with Crippen LogP contribution < -0.4 is 16.0 Å². The van der Waals surface area contributed by atoms with E-state index in [2.05, 4.69) is 15.1 Å². The molecule has 0 bridgehead atoms. The number of nitrogens with zero attached hydrogens (tertiary/aromatic N) is 2. The van der Waals surface area contributed by atoms with Crippen molar-refractivity contribution in [1.29, 1.82) is 0 Å². The number of nitrogen functional groups attached to an aromatic ring is 1. The molecule has 3 rings (SSSR count). The van der Waals surface area contributed by atoms with E-state index in [0.717, 1.165) is 0 Å². The summed E-state index contributed by atoms with van der Waals surface area (Å²) in [6.07, 6.45) is 3.78. The third-order valence-corrected chi connectivity index (χ3v) is 5.93. The highest BCUT2D eigenvalue weighted by atomic mass is 32.2. The van der Waals surface area contributed by atoms with E-state index in [1.807, 2.05) is 0 Å². The van der Waals surface area contributed by atoms with Crippen LogP contribution in [0.1, 0.15) is 25.7 Å². The first-order valence-corrected chi connectivity index (χ1v) is 9.00. The van der Waals surface area contributed by atoms with Crippen LogP contribution in [0.15, 0.2) is 16.6 Å². The van der Waals surface area contributed by atoms with Gasteiger partial charge in [-0.05, 0) is 25.7 Å². The topological polar surface area (TPSA) is 122 Å². The average Bonchev–Trinajstić information content (AvgIpc) is 3.00. The Hall–Kier alpha value is -1.20. The van der Waals surface area contributed by atoms with Crippen LogP contribution >= 0.6 is 11.3 Å². The SMILES string of the molecule is NNc1nc2sccn2c1S(=O)(=O)NC1CCC(O)CC1. The number of anilines is 1. The van der Waals surface area contributed by atoms with Crippen molar-refractivity contribution in [2.24, 2.45) is 5.84 Å². The number of aliphatic hydroxyl groups excluding tert-OH is 1. The Bertz CT molecular complexity index is 730. The van der Waals surface area contributed by atoms with Gasteiger partial charge in [-0.3, -0.25) is 4.40 Å². The fourth-order valence-electron chi connectivity index (χ4n) is 2.58. The van der Waals surface area contributed by atoms with E-state index in [-0.39, 0.29) is 23.0 Å². The molecule has 2 aromatic heterocycles. The first-order chi connectivity index (χ1) is 10.0. The first kappa shape index (κ1) is 14.7. The van der Waals surface area contributed by atoms with Crippen LogP contribution in [0.25, 0.3) is 4.96 Å². The van der Waals surface area contributed by atoms with Gasteiger partial charge in [0.2, 0.25) is 5.03 Å². The molecule has 0 spiro atoms. The van der Waals surface area contributed by atoms with Gasteiger partial charge in [-0.2, -0.15) is 4.98 Å². The molecule has 10 heteroatoms. The molecule has 2 heterocycles. The zero-order valence-corrected chi connectivity index (χ0v) is 12.8. The molecule has 0 amide bonds. The van der Waals surface area contributed by atoms with Gasteiger partial charge in [0.25, 0.3) is 10.0 Å². The monoisotopic (exact) mass is 331 g/mol. The summed E-state index contributed by atoms with van der Waals surface area (Å²) in [7, 11) is -3.74. The lowest BCUT2D eigenvalue weighted by atomic mass is 9.94. The fourth-order valence-corrected chi connectivity index (χ4v) is 4.91. The third-order valence-electron chi connectivity index (χ3n) is 3.63. The van der Waals surface area contributed by atoms with E-state index >= 15 is 0 Å². The number of sulfonamides is 1. The van der Waals surface area contributed by atoms with E-state index in [9.17, 15) is 13.5 Å². The highest BCUT2D eigenvalue weighted by Crippen LogP contribution is 2.26. The van der Waals surface area contributed by atoms with Gasteiger partial charge in [-0.1, -0.05) is 0 Å². The van der Waals surface area contributed by atoms with E-state index < -0.39 is 10.0 Å². The number of imidazole rings is 1. The number of hydrogen-bond donors (Lipinski definition) is 4. The van der Waals surface area contributed by atoms with Crippen LogP contribution in [0.2, 0.25) is 0 Å². The number of hydrazine groups is 1. The molecule has 21 heavy (non-hydrogen) atoms. The Morgan fingerprint density at radius 3 is 2.76 bits per heavy atom. The summed E-state index contributed by atoms with van der Waals surface area (Å²) in [5.74, 6) is 5.51. The van der Waals surface area contributed by atoms with Gasteiger partial charge in [-0.15, -0.1) is 11.3 Å².